The normalized spacial score (nSPS) is 18.2. The van der Waals surface area contributed by atoms with Crippen molar-refractivity contribution in [1.82, 2.24) is 14.8 Å². The number of fused-ring (bicyclic) bond motifs is 2. The van der Waals surface area contributed by atoms with Gasteiger partial charge in [0.05, 0.1) is 19.8 Å². The summed E-state index contributed by atoms with van der Waals surface area (Å²) in [5.74, 6) is -3.61. The fourth-order valence-corrected chi connectivity index (χ4v) is 4.26. The first-order valence-corrected chi connectivity index (χ1v) is 12.1. The Labute approximate surface area is 221 Å². The Morgan fingerprint density at radius 2 is 1.97 bits per heavy atom. The lowest BCUT2D eigenvalue weighted by Crippen LogP contribution is -2.57. The van der Waals surface area contributed by atoms with Crippen molar-refractivity contribution in [3.63, 3.8) is 0 Å². The van der Waals surface area contributed by atoms with Crippen molar-refractivity contribution < 1.29 is 46.8 Å². The first-order chi connectivity index (χ1) is 18.7. The first kappa shape index (κ1) is 28.0. The van der Waals surface area contributed by atoms with E-state index in [1.54, 1.807) is 0 Å². The Kier molecular flexibility index (Phi) is 8.76. The summed E-state index contributed by atoms with van der Waals surface area (Å²) in [6.45, 7) is 1.29. The zero-order valence-electron chi connectivity index (χ0n) is 21.2. The zero-order valence-corrected chi connectivity index (χ0v) is 21.2. The van der Waals surface area contributed by atoms with Crippen LogP contribution in [-0.2, 0) is 32.0 Å². The second-order valence-electron chi connectivity index (χ2n) is 8.79. The second-order valence-corrected chi connectivity index (χ2v) is 8.79. The van der Waals surface area contributed by atoms with E-state index in [-0.39, 0.29) is 43.6 Å². The molecule has 39 heavy (non-hydrogen) atoms. The number of carbonyl (C=O) groups excluding carboxylic acids is 3. The minimum absolute atomic E-state index is 0.00455. The highest BCUT2D eigenvalue weighted by Gasteiger charge is 2.41. The third-order valence-electron chi connectivity index (χ3n) is 6.25. The lowest BCUT2D eigenvalue weighted by molar-refractivity contribution is -0.112. The summed E-state index contributed by atoms with van der Waals surface area (Å²) < 4.78 is 54.1. The number of benzene rings is 1. The van der Waals surface area contributed by atoms with Crippen LogP contribution in [0.15, 0.2) is 29.2 Å². The molecule has 2 aliphatic heterocycles. The molecule has 2 aromatic rings. The van der Waals surface area contributed by atoms with E-state index in [1.807, 2.05) is 6.92 Å². The molecule has 12 nitrogen and oxygen atoms in total. The molecule has 0 unspecified atom stereocenters. The van der Waals surface area contributed by atoms with E-state index >= 15 is 0 Å². The summed E-state index contributed by atoms with van der Waals surface area (Å²) in [6.07, 6.45) is 0.0408. The number of hydrogen-bond donors (Lipinski definition) is 1. The van der Waals surface area contributed by atoms with Gasteiger partial charge < -0.3 is 38.5 Å². The maximum absolute atomic E-state index is 14.0. The number of nitrogens with one attached hydrogen (secondary N) is 1. The van der Waals surface area contributed by atoms with Gasteiger partial charge in [0.15, 0.2) is 11.9 Å². The molecule has 1 aromatic carbocycles. The van der Waals surface area contributed by atoms with E-state index in [4.69, 9.17) is 23.7 Å². The van der Waals surface area contributed by atoms with E-state index in [2.05, 4.69) is 5.32 Å². The van der Waals surface area contributed by atoms with Crippen LogP contribution in [0.2, 0.25) is 0 Å². The molecule has 1 aromatic heterocycles. The Morgan fingerprint density at radius 1 is 1.18 bits per heavy atom. The molecule has 1 saturated heterocycles. The molecule has 210 valence electrons. The SMILES string of the molecule is COCCOC(=O)OCOc1c2n(cc(C(=O)NCc3ccc(F)cc3F)c1=O)C[C@@H]1OCC[C@@H](C)N1C2=O. The summed E-state index contributed by atoms with van der Waals surface area (Å²) in [5.41, 5.74) is -1.52. The lowest BCUT2D eigenvalue weighted by Gasteiger charge is -2.44. The van der Waals surface area contributed by atoms with Crippen LogP contribution < -0.4 is 15.5 Å². The van der Waals surface area contributed by atoms with Gasteiger partial charge in [-0.05, 0) is 19.4 Å². The molecule has 0 bridgehead atoms. The second kappa shape index (κ2) is 12.2. The van der Waals surface area contributed by atoms with Gasteiger partial charge in [0.25, 0.3) is 11.8 Å². The number of ether oxygens (including phenoxy) is 5. The van der Waals surface area contributed by atoms with Crippen molar-refractivity contribution >= 4 is 18.0 Å². The van der Waals surface area contributed by atoms with E-state index in [0.717, 1.165) is 12.1 Å². The van der Waals surface area contributed by atoms with Crippen molar-refractivity contribution in [3.05, 3.63) is 63.1 Å². The zero-order chi connectivity index (χ0) is 28.1. The van der Waals surface area contributed by atoms with E-state index in [0.29, 0.717) is 19.1 Å². The maximum atomic E-state index is 14.0. The van der Waals surface area contributed by atoms with Crippen molar-refractivity contribution in [2.24, 2.45) is 0 Å². The van der Waals surface area contributed by atoms with Crippen LogP contribution in [0.5, 0.6) is 5.75 Å². The van der Waals surface area contributed by atoms with E-state index < -0.39 is 59.4 Å². The van der Waals surface area contributed by atoms with Crippen LogP contribution in [0.4, 0.5) is 13.6 Å². The highest BCUT2D eigenvalue weighted by atomic mass is 19.1. The summed E-state index contributed by atoms with van der Waals surface area (Å²) >= 11 is 0. The Morgan fingerprint density at radius 3 is 2.72 bits per heavy atom. The van der Waals surface area contributed by atoms with Gasteiger partial charge in [-0.25, -0.2) is 13.6 Å². The van der Waals surface area contributed by atoms with Crippen LogP contribution in [0.1, 0.15) is 39.8 Å². The summed E-state index contributed by atoms with van der Waals surface area (Å²) in [5, 5.41) is 2.41. The molecule has 0 aliphatic carbocycles. The predicted molar refractivity (Wildman–Crippen MR) is 128 cm³/mol. The number of carbonyl (C=O) groups is 3. The third-order valence-corrected chi connectivity index (χ3v) is 6.25. The fourth-order valence-electron chi connectivity index (χ4n) is 4.26. The van der Waals surface area contributed by atoms with Crippen LogP contribution in [0.25, 0.3) is 0 Å². The largest absolute Gasteiger partial charge is 0.511 e. The molecule has 3 heterocycles. The third kappa shape index (κ3) is 6.17. The molecule has 2 atom stereocenters. The summed E-state index contributed by atoms with van der Waals surface area (Å²) in [6, 6.07) is 2.68. The van der Waals surface area contributed by atoms with Gasteiger partial charge in [0.2, 0.25) is 18.0 Å². The molecule has 1 N–H and O–H groups in total. The van der Waals surface area contributed by atoms with Gasteiger partial charge in [-0.2, -0.15) is 0 Å². The minimum atomic E-state index is -1.10. The maximum Gasteiger partial charge on any atom is 0.511 e. The number of amides is 2. The molecule has 14 heteroatoms. The predicted octanol–water partition coefficient (Wildman–Crippen LogP) is 1.78. The van der Waals surface area contributed by atoms with Crippen LogP contribution in [-0.4, -0.2) is 73.4 Å². The van der Waals surface area contributed by atoms with Crippen molar-refractivity contribution in [2.45, 2.75) is 38.7 Å². The molecule has 1 fully saturated rings. The molecular formula is C25H27F2N3O9. The van der Waals surface area contributed by atoms with Gasteiger partial charge in [0.1, 0.15) is 23.8 Å². The van der Waals surface area contributed by atoms with Crippen molar-refractivity contribution in [2.75, 3.05) is 33.7 Å². The molecule has 2 amide bonds. The van der Waals surface area contributed by atoms with Crippen molar-refractivity contribution in [3.8, 4) is 5.75 Å². The lowest BCUT2D eigenvalue weighted by atomic mass is 10.1. The van der Waals surface area contributed by atoms with E-state index in [9.17, 15) is 28.0 Å². The number of aromatic nitrogens is 1. The average Bonchev–Trinajstić information content (AvgIpc) is 2.89. The Bertz CT molecular complexity index is 1320. The number of halogens is 2. The van der Waals surface area contributed by atoms with Gasteiger partial charge in [-0.15, -0.1) is 0 Å². The van der Waals surface area contributed by atoms with Crippen LogP contribution >= 0.6 is 0 Å². The molecule has 0 saturated carbocycles. The van der Waals surface area contributed by atoms with Gasteiger partial charge in [0, 0.05) is 37.5 Å². The standard InChI is InChI=1S/C25H27F2N3O9/c1-14-5-6-36-19-12-29-11-17(23(32)28-10-15-3-4-16(26)9-18(15)27)21(31)22(20(29)24(33)30(14)19)38-13-39-25(34)37-8-7-35-2/h3-4,9,11,14,19H,5-8,10,12-13H2,1-2H3,(H,28,32)/t14-,19+/m1/s1. The first-order valence-electron chi connectivity index (χ1n) is 12.1. The highest BCUT2D eigenvalue weighted by Crippen LogP contribution is 2.30. The summed E-state index contributed by atoms with van der Waals surface area (Å²) in [4.78, 5) is 53.0. The van der Waals surface area contributed by atoms with Gasteiger partial charge in [-0.3, -0.25) is 14.4 Å². The Balaban J connectivity index is 1.61. The molecule has 0 spiro atoms. The number of rotatable bonds is 9. The molecule has 0 radical (unpaired) electrons. The quantitative estimate of drug-likeness (QED) is 0.281. The smallest absolute Gasteiger partial charge is 0.451 e. The highest BCUT2D eigenvalue weighted by molar-refractivity contribution is 5.99. The Hall–Kier alpha value is -4.04. The minimum Gasteiger partial charge on any atom is -0.451 e. The van der Waals surface area contributed by atoms with E-state index in [1.165, 1.54) is 22.8 Å². The van der Waals surface area contributed by atoms with Gasteiger partial charge >= 0.3 is 6.16 Å². The number of hydrogen-bond acceptors (Lipinski definition) is 9. The molecule has 4 rings (SSSR count). The topological polar surface area (TPSA) is 135 Å². The average molecular weight is 551 g/mol. The monoisotopic (exact) mass is 551 g/mol. The van der Waals surface area contributed by atoms with Crippen LogP contribution in [0, 0.1) is 11.6 Å². The fraction of sp³-hybridized carbons (Fsp3) is 0.440. The number of methoxy groups -OCH3 is 1. The number of pyridine rings is 1. The van der Waals surface area contributed by atoms with Crippen LogP contribution in [0.3, 0.4) is 0 Å². The molecular weight excluding hydrogens is 524 g/mol. The van der Waals surface area contributed by atoms with Crippen molar-refractivity contribution in [1.29, 1.82) is 0 Å². The van der Waals surface area contributed by atoms with Gasteiger partial charge in [-0.1, -0.05) is 6.07 Å². The molecule has 2 aliphatic rings. The number of nitrogens with zero attached hydrogens (tertiary/aromatic N) is 2. The summed E-state index contributed by atoms with van der Waals surface area (Å²) in [7, 11) is 1.42.